The van der Waals surface area contributed by atoms with Crippen LogP contribution in [-0.4, -0.2) is 33.1 Å². The van der Waals surface area contributed by atoms with Crippen molar-refractivity contribution in [2.45, 2.75) is 6.92 Å². The number of quaternary nitrogens is 1. The normalized spacial score (nSPS) is 12.5. The molecule has 1 atom stereocenters. The highest BCUT2D eigenvalue weighted by Gasteiger charge is 2.09. The van der Waals surface area contributed by atoms with Gasteiger partial charge in [0.25, 0.3) is 5.91 Å². The molecule has 4 heteroatoms. The second kappa shape index (κ2) is 6.77. The molecule has 0 saturated carbocycles. The summed E-state index contributed by atoms with van der Waals surface area (Å²) in [5, 5.41) is 2.96. The van der Waals surface area contributed by atoms with Crippen molar-refractivity contribution >= 4 is 21.8 Å². The van der Waals surface area contributed by atoms with Crippen LogP contribution < -0.4 is 10.2 Å². The van der Waals surface area contributed by atoms with Crippen LogP contribution in [0, 0.1) is 5.92 Å². The fourth-order valence-electron chi connectivity index (χ4n) is 1.74. The molecule has 0 unspecified atom stereocenters. The fraction of sp³-hybridized carbons (Fsp3) is 0.462. The summed E-state index contributed by atoms with van der Waals surface area (Å²) in [5.74, 6) is 0.484. The maximum absolute atomic E-state index is 11.8. The molecule has 0 radical (unpaired) electrons. The second-order valence-corrected chi connectivity index (χ2v) is 5.65. The predicted molar refractivity (Wildman–Crippen MR) is 73.3 cm³/mol. The largest absolute Gasteiger partial charge is 0.352 e. The lowest BCUT2D eigenvalue weighted by molar-refractivity contribution is -0.861. The number of hydrogen-bond donors (Lipinski definition) is 2. The Hall–Kier alpha value is -0.870. The summed E-state index contributed by atoms with van der Waals surface area (Å²) in [6, 6.07) is 7.40. The number of carbonyl (C=O) groups excluding carboxylic acids is 1. The lowest BCUT2D eigenvalue weighted by Gasteiger charge is -2.15. The van der Waals surface area contributed by atoms with Crippen molar-refractivity contribution in [1.82, 2.24) is 5.32 Å². The van der Waals surface area contributed by atoms with E-state index in [9.17, 15) is 4.79 Å². The minimum absolute atomic E-state index is 0.00175. The summed E-state index contributed by atoms with van der Waals surface area (Å²) < 4.78 is 0.985. The van der Waals surface area contributed by atoms with Crippen LogP contribution in [0.4, 0.5) is 0 Å². The first-order valence-electron chi connectivity index (χ1n) is 5.82. The minimum Gasteiger partial charge on any atom is -0.352 e. The van der Waals surface area contributed by atoms with E-state index in [0.717, 1.165) is 17.6 Å². The van der Waals surface area contributed by atoms with Crippen LogP contribution in [0.5, 0.6) is 0 Å². The van der Waals surface area contributed by atoms with Crippen molar-refractivity contribution < 1.29 is 9.69 Å². The van der Waals surface area contributed by atoms with Gasteiger partial charge in [-0.05, 0) is 24.3 Å². The topological polar surface area (TPSA) is 33.5 Å². The SMILES string of the molecule is C[C@H](CNC(=O)c1ccc(Br)cc1)C[NH+](C)C. The van der Waals surface area contributed by atoms with Gasteiger partial charge in [-0.2, -0.15) is 0 Å². The Kier molecular flexibility index (Phi) is 5.65. The van der Waals surface area contributed by atoms with Crippen molar-refractivity contribution in [3.8, 4) is 0 Å². The molecule has 1 aromatic rings. The number of hydrogen-bond acceptors (Lipinski definition) is 1. The molecule has 0 aliphatic rings. The minimum atomic E-state index is -0.00175. The average molecular weight is 300 g/mol. The van der Waals surface area contributed by atoms with E-state index in [0.29, 0.717) is 11.5 Å². The number of rotatable bonds is 5. The molecule has 1 rings (SSSR count). The zero-order valence-corrected chi connectivity index (χ0v) is 12.2. The van der Waals surface area contributed by atoms with E-state index in [1.165, 1.54) is 4.90 Å². The summed E-state index contributed by atoms with van der Waals surface area (Å²) in [6.45, 7) is 3.93. The highest BCUT2D eigenvalue weighted by Crippen LogP contribution is 2.10. The van der Waals surface area contributed by atoms with Crippen LogP contribution in [0.3, 0.4) is 0 Å². The first-order chi connectivity index (χ1) is 7.99. The standard InChI is InChI=1S/C13H19BrN2O/c1-10(9-16(2)3)8-15-13(17)11-4-6-12(14)7-5-11/h4-7,10H,8-9H2,1-3H3,(H,15,17)/p+1/t10-/m1/s1. The fourth-order valence-corrected chi connectivity index (χ4v) is 2.00. The van der Waals surface area contributed by atoms with Crippen molar-refractivity contribution in [1.29, 1.82) is 0 Å². The average Bonchev–Trinajstić information content (AvgIpc) is 2.26. The molecule has 94 valence electrons. The monoisotopic (exact) mass is 299 g/mol. The molecule has 0 saturated heterocycles. The third kappa shape index (κ3) is 5.33. The van der Waals surface area contributed by atoms with Gasteiger partial charge in [-0.3, -0.25) is 4.79 Å². The van der Waals surface area contributed by atoms with E-state index in [4.69, 9.17) is 0 Å². The molecular weight excluding hydrogens is 280 g/mol. The quantitative estimate of drug-likeness (QED) is 0.834. The van der Waals surface area contributed by atoms with Gasteiger partial charge in [0.15, 0.2) is 0 Å². The second-order valence-electron chi connectivity index (χ2n) is 4.73. The summed E-state index contributed by atoms with van der Waals surface area (Å²) in [7, 11) is 4.24. The van der Waals surface area contributed by atoms with Gasteiger partial charge in [-0.15, -0.1) is 0 Å². The lowest BCUT2D eigenvalue weighted by Crippen LogP contribution is -3.06. The zero-order valence-electron chi connectivity index (χ0n) is 10.6. The van der Waals surface area contributed by atoms with Crippen LogP contribution in [0.15, 0.2) is 28.7 Å². The number of nitrogens with one attached hydrogen (secondary N) is 2. The third-order valence-corrected chi connectivity index (χ3v) is 3.00. The maximum atomic E-state index is 11.8. The Morgan fingerprint density at radius 3 is 2.47 bits per heavy atom. The molecule has 0 fully saturated rings. The van der Waals surface area contributed by atoms with E-state index in [-0.39, 0.29) is 5.91 Å². The smallest absolute Gasteiger partial charge is 0.251 e. The van der Waals surface area contributed by atoms with Gasteiger partial charge >= 0.3 is 0 Å². The van der Waals surface area contributed by atoms with E-state index in [2.05, 4.69) is 42.3 Å². The van der Waals surface area contributed by atoms with E-state index in [1.54, 1.807) is 0 Å². The van der Waals surface area contributed by atoms with Gasteiger partial charge in [0.2, 0.25) is 0 Å². The van der Waals surface area contributed by atoms with Gasteiger partial charge in [0.1, 0.15) is 0 Å². The molecule has 17 heavy (non-hydrogen) atoms. The molecule has 0 aliphatic heterocycles. The first-order valence-corrected chi connectivity index (χ1v) is 6.61. The van der Waals surface area contributed by atoms with Gasteiger partial charge in [0, 0.05) is 22.5 Å². The van der Waals surface area contributed by atoms with Crippen LogP contribution in [0.2, 0.25) is 0 Å². The van der Waals surface area contributed by atoms with Gasteiger partial charge in [0.05, 0.1) is 20.6 Å². The van der Waals surface area contributed by atoms with Crippen LogP contribution in [0.1, 0.15) is 17.3 Å². The third-order valence-electron chi connectivity index (χ3n) is 2.47. The Labute approximate surface area is 111 Å². The molecule has 3 nitrogen and oxygen atoms in total. The van der Waals surface area contributed by atoms with Crippen LogP contribution in [-0.2, 0) is 0 Å². The molecule has 2 N–H and O–H groups in total. The van der Waals surface area contributed by atoms with Crippen molar-refractivity contribution in [3.63, 3.8) is 0 Å². The van der Waals surface area contributed by atoms with Crippen molar-refractivity contribution in [2.24, 2.45) is 5.92 Å². The molecule has 0 aromatic heterocycles. The predicted octanol–water partition coefficient (Wildman–Crippen LogP) is 0.960. The summed E-state index contributed by atoms with van der Waals surface area (Å²) in [4.78, 5) is 13.2. The number of amides is 1. The van der Waals surface area contributed by atoms with Gasteiger partial charge in [-0.25, -0.2) is 0 Å². The maximum Gasteiger partial charge on any atom is 0.251 e. The molecular formula is C13H20BrN2O+. The number of benzene rings is 1. The molecule has 0 aliphatic carbocycles. The Balaban J connectivity index is 2.42. The molecule has 1 amide bonds. The summed E-state index contributed by atoms with van der Waals surface area (Å²) in [6.07, 6.45) is 0. The highest BCUT2D eigenvalue weighted by atomic mass is 79.9. The van der Waals surface area contributed by atoms with E-state index in [1.807, 2.05) is 24.3 Å². The molecule has 1 aromatic carbocycles. The molecule has 0 heterocycles. The Bertz CT molecular complexity index is 362. The summed E-state index contributed by atoms with van der Waals surface area (Å²) >= 11 is 3.35. The van der Waals surface area contributed by atoms with Gasteiger partial charge < -0.3 is 10.2 Å². The molecule has 0 bridgehead atoms. The number of carbonyl (C=O) groups is 1. The zero-order chi connectivity index (χ0) is 12.8. The first kappa shape index (κ1) is 14.2. The van der Waals surface area contributed by atoms with E-state index < -0.39 is 0 Å². The summed E-state index contributed by atoms with van der Waals surface area (Å²) in [5.41, 5.74) is 0.706. The Morgan fingerprint density at radius 2 is 1.94 bits per heavy atom. The van der Waals surface area contributed by atoms with Crippen molar-refractivity contribution in [3.05, 3.63) is 34.3 Å². The van der Waals surface area contributed by atoms with Crippen LogP contribution >= 0.6 is 15.9 Å². The lowest BCUT2D eigenvalue weighted by atomic mass is 10.1. The van der Waals surface area contributed by atoms with Gasteiger partial charge in [-0.1, -0.05) is 22.9 Å². The molecule has 0 spiro atoms. The number of halogens is 1. The Morgan fingerprint density at radius 1 is 1.35 bits per heavy atom. The van der Waals surface area contributed by atoms with Crippen molar-refractivity contribution in [2.75, 3.05) is 27.2 Å². The van der Waals surface area contributed by atoms with E-state index >= 15 is 0 Å². The van der Waals surface area contributed by atoms with Crippen LogP contribution in [0.25, 0.3) is 0 Å². The highest BCUT2D eigenvalue weighted by molar-refractivity contribution is 9.10.